The number of hydrogen-bond donors (Lipinski definition) is 1. The van der Waals surface area contributed by atoms with E-state index in [1.54, 1.807) is 6.08 Å². The molecule has 0 amide bonds. The van der Waals surface area contributed by atoms with Crippen molar-refractivity contribution in [3.8, 4) is 0 Å². The Morgan fingerprint density at radius 3 is 2.42 bits per heavy atom. The van der Waals surface area contributed by atoms with Crippen LogP contribution in [-0.2, 0) is 4.74 Å². The van der Waals surface area contributed by atoms with Crippen molar-refractivity contribution in [3.63, 3.8) is 0 Å². The summed E-state index contributed by atoms with van der Waals surface area (Å²) < 4.78 is 5.47. The van der Waals surface area contributed by atoms with Crippen molar-refractivity contribution in [3.05, 3.63) is 24.4 Å². The van der Waals surface area contributed by atoms with Crippen LogP contribution in [0.5, 0.6) is 0 Å². The minimum absolute atomic E-state index is 0.211. The molecule has 0 aliphatic heterocycles. The van der Waals surface area contributed by atoms with Gasteiger partial charge in [-0.2, -0.15) is 0 Å². The van der Waals surface area contributed by atoms with E-state index in [1.807, 2.05) is 26.6 Å². The Balaban J connectivity index is 4.11. The minimum atomic E-state index is 0.211. The zero-order valence-corrected chi connectivity index (χ0v) is 8.77. The zero-order chi connectivity index (χ0) is 9.56. The molecule has 0 aromatic rings. The second kappa shape index (κ2) is 5.99. The highest BCUT2D eigenvalue weighted by Crippen LogP contribution is 2.01. The lowest BCUT2D eigenvalue weighted by atomic mass is 10.4. The van der Waals surface area contributed by atoms with Crippen LogP contribution >= 0.6 is 8.20 Å². The Labute approximate surface area is 75.9 Å². The van der Waals surface area contributed by atoms with Gasteiger partial charge in [0, 0.05) is 5.70 Å². The van der Waals surface area contributed by atoms with Gasteiger partial charge in [0.2, 0.25) is 0 Å². The molecule has 2 N–H and O–H groups in total. The normalized spacial score (nSPS) is 12.8. The van der Waals surface area contributed by atoms with E-state index in [1.165, 1.54) is 0 Å². The molecule has 0 radical (unpaired) electrons. The van der Waals surface area contributed by atoms with Crippen molar-refractivity contribution in [2.75, 3.05) is 6.66 Å². The van der Waals surface area contributed by atoms with Gasteiger partial charge in [0.1, 0.15) is 0 Å². The first-order valence-corrected chi connectivity index (χ1v) is 5.16. The molecule has 2 nitrogen and oxygen atoms in total. The molecule has 0 aromatic carbocycles. The van der Waals surface area contributed by atoms with Crippen LogP contribution in [-0.4, -0.2) is 18.2 Å². The van der Waals surface area contributed by atoms with Gasteiger partial charge in [-0.1, -0.05) is 14.8 Å². The Morgan fingerprint density at radius 1 is 1.50 bits per heavy atom. The second-order valence-corrected chi connectivity index (χ2v) is 3.52. The first-order chi connectivity index (χ1) is 5.56. The number of ether oxygens (including phenoxy) is 1. The molecule has 0 unspecified atom stereocenters. The van der Waals surface area contributed by atoms with Gasteiger partial charge in [0.15, 0.2) is 0 Å². The molecule has 0 heterocycles. The maximum Gasteiger partial charge on any atom is 0.0973 e. The van der Waals surface area contributed by atoms with E-state index in [0.29, 0.717) is 5.70 Å². The van der Waals surface area contributed by atoms with Crippen LogP contribution < -0.4 is 5.73 Å². The summed E-state index contributed by atoms with van der Waals surface area (Å²) in [6.45, 7) is 9.57. The minimum Gasteiger partial charge on any atom is -0.399 e. The van der Waals surface area contributed by atoms with Gasteiger partial charge in [-0.15, -0.1) is 0 Å². The van der Waals surface area contributed by atoms with Crippen LogP contribution in [0.4, 0.5) is 0 Å². The third-order valence-corrected chi connectivity index (χ3v) is 1.71. The molecule has 0 bridgehead atoms. The van der Waals surface area contributed by atoms with Gasteiger partial charge in [0.05, 0.1) is 11.6 Å². The highest BCUT2D eigenvalue weighted by molar-refractivity contribution is 7.39. The fourth-order valence-corrected chi connectivity index (χ4v) is 1.13. The largest absolute Gasteiger partial charge is 0.399 e. The predicted octanol–water partition coefficient (Wildman–Crippen LogP) is 2.15. The van der Waals surface area contributed by atoms with E-state index in [-0.39, 0.29) is 6.10 Å². The summed E-state index contributed by atoms with van der Waals surface area (Å²) >= 11 is 0. The molecule has 3 heteroatoms. The van der Waals surface area contributed by atoms with Gasteiger partial charge in [-0.05, 0) is 32.7 Å². The quantitative estimate of drug-likeness (QED) is 0.538. The highest BCUT2D eigenvalue weighted by atomic mass is 31.1. The lowest BCUT2D eigenvalue weighted by molar-refractivity contribution is 0.237. The third kappa shape index (κ3) is 6.14. The first-order valence-electron chi connectivity index (χ1n) is 3.82. The maximum absolute atomic E-state index is 5.47. The summed E-state index contributed by atoms with van der Waals surface area (Å²) in [5.74, 6) is 0. The molecule has 0 saturated carbocycles. The van der Waals surface area contributed by atoms with E-state index < -0.39 is 0 Å². The Bertz CT molecular complexity index is 207. The van der Waals surface area contributed by atoms with Crippen molar-refractivity contribution in [2.45, 2.75) is 20.0 Å². The van der Waals surface area contributed by atoms with Crippen LogP contribution in [0.15, 0.2) is 24.4 Å². The molecule has 0 atom stereocenters. The first kappa shape index (κ1) is 11.4. The van der Waals surface area contributed by atoms with E-state index in [2.05, 4.69) is 6.58 Å². The lowest BCUT2D eigenvalue weighted by Crippen LogP contribution is -2.07. The molecular weight excluding hydrogens is 169 g/mol. The maximum atomic E-state index is 5.47. The fourth-order valence-electron chi connectivity index (χ4n) is 0.586. The topological polar surface area (TPSA) is 35.2 Å². The molecule has 0 aromatic heterocycles. The summed E-state index contributed by atoms with van der Waals surface area (Å²) in [6, 6.07) is 0. The summed E-state index contributed by atoms with van der Waals surface area (Å²) in [4.78, 5) is 0. The molecule has 0 spiro atoms. The van der Waals surface area contributed by atoms with Gasteiger partial charge in [-0.3, -0.25) is 0 Å². The van der Waals surface area contributed by atoms with Crippen molar-refractivity contribution < 1.29 is 4.74 Å². The third-order valence-electron chi connectivity index (χ3n) is 1.02. The van der Waals surface area contributed by atoms with E-state index in [9.17, 15) is 0 Å². The van der Waals surface area contributed by atoms with Gasteiger partial charge in [-0.25, -0.2) is 0 Å². The highest BCUT2D eigenvalue weighted by Gasteiger charge is 1.95. The molecular formula is C9H16NOP. The summed E-state index contributed by atoms with van der Waals surface area (Å²) in [5.41, 5.74) is 6.83. The average Bonchev–Trinajstić information content (AvgIpc) is 1.97. The van der Waals surface area contributed by atoms with Crippen molar-refractivity contribution in [1.29, 1.82) is 0 Å². The summed E-state index contributed by atoms with van der Waals surface area (Å²) in [7, 11) is 1.10. The zero-order valence-electron chi connectivity index (χ0n) is 7.87. The van der Waals surface area contributed by atoms with Crippen LogP contribution in [0.2, 0.25) is 0 Å². The smallest absolute Gasteiger partial charge is 0.0973 e. The second-order valence-electron chi connectivity index (χ2n) is 2.64. The van der Waals surface area contributed by atoms with Crippen molar-refractivity contribution in [2.24, 2.45) is 5.73 Å². The van der Waals surface area contributed by atoms with E-state index >= 15 is 0 Å². The fraction of sp³-hybridized carbons (Fsp3) is 0.444. The van der Waals surface area contributed by atoms with E-state index in [0.717, 1.165) is 13.7 Å². The van der Waals surface area contributed by atoms with Gasteiger partial charge < -0.3 is 10.5 Å². The lowest BCUT2D eigenvalue weighted by Gasteiger charge is -2.06. The van der Waals surface area contributed by atoms with E-state index in [4.69, 9.17) is 10.5 Å². The predicted molar refractivity (Wildman–Crippen MR) is 56.5 cm³/mol. The van der Waals surface area contributed by atoms with Crippen LogP contribution in [0.25, 0.3) is 0 Å². The SMILES string of the molecule is C=C(N)/C=C\C(OC(C)C)=P\C. The molecule has 12 heavy (non-hydrogen) atoms. The van der Waals surface area contributed by atoms with Crippen LogP contribution in [0.1, 0.15) is 13.8 Å². The molecule has 0 fully saturated rings. The number of allylic oxidation sites excluding steroid dienone is 1. The number of nitrogens with two attached hydrogens (primary N) is 1. The van der Waals surface area contributed by atoms with Crippen molar-refractivity contribution >= 4 is 13.7 Å². The summed E-state index contributed by atoms with van der Waals surface area (Å²) in [5, 5.41) is 0. The molecule has 0 saturated heterocycles. The number of hydrogen-bond acceptors (Lipinski definition) is 2. The monoisotopic (exact) mass is 185 g/mol. The Morgan fingerprint density at radius 2 is 2.08 bits per heavy atom. The summed E-state index contributed by atoms with van der Waals surface area (Å²) in [6.07, 6.45) is 3.81. The van der Waals surface area contributed by atoms with Gasteiger partial charge in [0.25, 0.3) is 0 Å². The van der Waals surface area contributed by atoms with Gasteiger partial charge >= 0.3 is 0 Å². The Kier molecular flexibility index (Phi) is 5.69. The van der Waals surface area contributed by atoms with Crippen LogP contribution in [0, 0.1) is 0 Å². The standard InChI is InChI=1S/C9H16NOP/c1-7(2)11-9(12-4)6-5-8(3)10/h5-7H,3,10H2,1-2,4H3/b6-5-. The average molecular weight is 185 g/mol. The Hall–Kier alpha value is -0.590. The molecule has 68 valence electrons. The number of rotatable bonds is 4. The molecule has 0 rings (SSSR count). The van der Waals surface area contributed by atoms with Crippen LogP contribution in [0.3, 0.4) is 0 Å². The molecule has 0 aliphatic carbocycles. The van der Waals surface area contributed by atoms with Crippen molar-refractivity contribution in [1.82, 2.24) is 0 Å². The molecule has 0 aliphatic rings.